The summed E-state index contributed by atoms with van der Waals surface area (Å²) in [5, 5.41) is 19.1. The number of rotatable bonds is 9. The van der Waals surface area contributed by atoms with Gasteiger partial charge in [0.05, 0.1) is 23.2 Å². The van der Waals surface area contributed by atoms with E-state index in [9.17, 15) is 19.6 Å². The summed E-state index contributed by atoms with van der Waals surface area (Å²) in [5.41, 5.74) is 4.97. The molecule has 0 bridgehead atoms. The first-order valence-electron chi connectivity index (χ1n) is 14.1. The smallest absolute Gasteiger partial charge is 0.337 e. The van der Waals surface area contributed by atoms with E-state index < -0.39 is 17.2 Å². The molecule has 3 aromatic heterocycles. The standard InChI is InChI=1S/C32H31FN6O3/c1-19-3-6-23(20(2)11-19)16-42-30-25(33)15-35-28(38-30)22-7-4-21(5-8-22)12-27-37-26-13-24(31(40)41)14-36-29(26)39(27)18-32(17-34)9-10-32/h3,6-7,11,13-15,21H,4-5,8-10,12,16,18H2,1-2H3,(H,40,41). The van der Waals surface area contributed by atoms with E-state index in [0.29, 0.717) is 30.0 Å². The largest absolute Gasteiger partial charge is 0.478 e. The highest BCUT2D eigenvalue weighted by molar-refractivity contribution is 5.90. The summed E-state index contributed by atoms with van der Waals surface area (Å²) in [7, 11) is 0. The number of hydrogen-bond donors (Lipinski definition) is 1. The summed E-state index contributed by atoms with van der Waals surface area (Å²) in [6, 6.07) is 10.0. The van der Waals surface area contributed by atoms with E-state index in [1.54, 1.807) is 6.07 Å². The minimum atomic E-state index is -1.05. The van der Waals surface area contributed by atoms with Gasteiger partial charge >= 0.3 is 5.97 Å². The molecule has 2 aliphatic rings. The molecule has 10 heteroatoms. The average molecular weight is 567 g/mol. The fraction of sp³-hybridized carbons (Fsp3) is 0.375. The minimum Gasteiger partial charge on any atom is -0.478 e. The number of imidazole rings is 1. The van der Waals surface area contributed by atoms with Crippen molar-refractivity contribution in [3.05, 3.63) is 82.5 Å². The van der Waals surface area contributed by atoms with Gasteiger partial charge < -0.3 is 14.4 Å². The molecule has 4 aromatic rings. The number of carboxylic acid groups (broad SMARTS) is 1. The van der Waals surface area contributed by atoms with Gasteiger partial charge in [-0.1, -0.05) is 29.8 Å². The SMILES string of the molecule is Cc1ccc(COc2nc(C3=CCC(Cc4nc5cc(C(=O)O)cnc5n4CC4(C#N)CC4)CC3)ncc2F)c(C)c1. The minimum absolute atomic E-state index is 0.0588. The number of aromatic carboxylic acids is 1. The summed E-state index contributed by atoms with van der Waals surface area (Å²) in [5.74, 6) is -0.154. The van der Waals surface area contributed by atoms with Gasteiger partial charge in [0.1, 0.15) is 17.9 Å². The summed E-state index contributed by atoms with van der Waals surface area (Å²) < 4.78 is 22.3. The van der Waals surface area contributed by atoms with Crippen molar-refractivity contribution >= 4 is 22.7 Å². The van der Waals surface area contributed by atoms with Crippen LogP contribution in [0.25, 0.3) is 16.7 Å². The van der Waals surface area contributed by atoms with Gasteiger partial charge in [-0.2, -0.15) is 14.6 Å². The molecule has 1 aromatic carbocycles. The first-order chi connectivity index (χ1) is 20.2. The summed E-state index contributed by atoms with van der Waals surface area (Å²) in [4.78, 5) is 29.3. The molecule has 3 heterocycles. The molecule has 1 saturated carbocycles. The van der Waals surface area contributed by atoms with Gasteiger partial charge in [0.25, 0.3) is 5.88 Å². The van der Waals surface area contributed by atoms with Crippen molar-refractivity contribution < 1.29 is 19.0 Å². The molecule has 0 amide bonds. The van der Waals surface area contributed by atoms with Gasteiger partial charge in [-0.3, -0.25) is 0 Å². The van der Waals surface area contributed by atoms with Gasteiger partial charge in [0.15, 0.2) is 11.5 Å². The number of benzene rings is 1. The highest BCUT2D eigenvalue weighted by atomic mass is 19.1. The second-order valence-corrected chi connectivity index (χ2v) is 11.5. The van der Waals surface area contributed by atoms with E-state index in [4.69, 9.17) is 9.72 Å². The third-order valence-corrected chi connectivity index (χ3v) is 8.31. The van der Waals surface area contributed by atoms with E-state index in [1.807, 2.05) is 30.5 Å². The predicted molar refractivity (Wildman–Crippen MR) is 153 cm³/mol. The maximum absolute atomic E-state index is 14.5. The predicted octanol–water partition coefficient (Wildman–Crippen LogP) is 5.98. The Hall–Kier alpha value is -4.65. The number of ether oxygens (including phenoxy) is 1. The van der Waals surface area contributed by atoms with Crippen molar-refractivity contribution in [1.82, 2.24) is 24.5 Å². The summed E-state index contributed by atoms with van der Waals surface area (Å²) in [6.45, 7) is 4.75. The molecule has 0 aliphatic heterocycles. The molecule has 9 nitrogen and oxygen atoms in total. The molecule has 6 rings (SSSR count). The number of aryl methyl sites for hydroxylation is 2. The Bertz CT molecular complexity index is 1770. The summed E-state index contributed by atoms with van der Waals surface area (Å²) >= 11 is 0. The fourth-order valence-electron chi connectivity index (χ4n) is 5.55. The maximum Gasteiger partial charge on any atom is 0.337 e. The highest BCUT2D eigenvalue weighted by Crippen LogP contribution is 2.47. The number of allylic oxidation sites excluding steroid dienone is 2. The van der Waals surface area contributed by atoms with Crippen molar-refractivity contribution in [1.29, 1.82) is 5.26 Å². The van der Waals surface area contributed by atoms with Crippen LogP contribution in [-0.2, 0) is 19.6 Å². The number of carbonyl (C=O) groups is 1. The van der Waals surface area contributed by atoms with Crippen LogP contribution in [0.4, 0.5) is 4.39 Å². The first-order valence-corrected chi connectivity index (χ1v) is 14.1. The Morgan fingerprint density at radius 2 is 2.05 bits per heavy atom. The summed E-state index contributed by atoms with van der Waals surface area (Å²) in [6.07, 6.45) is 9.27. The van der Waals surface area contributed by atoms with Crippen LogP contribution in [0.2, 0.25) is 0 Å². The number of fused-ring (bicyclic) bond motifs is 1. The van der Waals surface area contributed by atoms with Crippen LogP contribution < -0.4 is 4.74 Å². The maximum atomic E-state index is 14.5. The normalized spacial score (nSPS) is 17.5. The molecule has 1 N–H and O–H groups in total. The number of aromatic nitrogens is 5. The van der Waals surface area contributed by atoms with Crippen molar-refractivity contribution in [2.75, 3.05) is 0 Å². The lowest BCUT2D eigenvalue weighted by Gasteiger charge is -2.22. The van der Waals surface area contributed by atoms with Gasteiger partial charge in [0.2, 0.25) is 5.82 Å². The van der Waals surface area contributed by atoms with Crippen molar-refractivity contribution in [2.24, 2.45) is 11.3 Å². The monoisotopic (exact) mass is 566 g/mol. The number of nitriles is 1. The third-order valence-electron chi connectivity index (χ3n) is 8.31. The van der Waals surface area contributed by atoms with Crippen LogP contribution in [0.3, 0.4) is 0 Å². The lowest BCUT2D eigenvalue weighted by atomic mass is 9.87. The first kappa shape index (κ1) is 27.5. The molecule has 1 fully saturated rings. The van der Waals surface area contributed by atoms with Crippen molar-refractivity contribution in [2.45, 2.75) is 65.5 Å². The zero-order valence-electron chi connectivity index (χ0n) is 23.6. The fourth-order valence-corrected chi connectivity index (χ4v) is 5.55. The molecular formula is C32H31FN6O3. The second-order valence-electron chi connectivity index (χ2n) is 11.5. The zero-order chi connectivity index (χ0) is 29.4. The van der Waals surface area contributed by atoms with Crippen LogP contribution in [0.1, 0.15) is 70.8 Å². The van der Waals surface area contributed by atoms with Crippen LogP contribution in [0, 0.1) is 42.3 Å². The molecule has 1 unspecified atom stereocenters. The number of carboxylic acids is 1. The molecule has 1 atom stereocenters. The van der Waals surface area contributed by atoms with Gasteiger partial charge in [-0.05, 0) is 74.6 Å². The van der Waals surface area contributed by atoms with E-state index >= 15 is 0 Å². The van der Waals surface area contributed by atoms with E-state index in [0.717, 1.165) is 66.4 Å². The average Bonchev–Trinajstić information content (AvgIpc) is 3.68. The van der Waals surface area contributed by atoms with Crippen LogP contribution in [0.5, 0.6) is 5.88 Å². The number of nitrogens with zero attached hydrogens (tertiary/aromatic N) is 6. The quantitative estimate of drug-likeness (QED) is 0.262. The van der Waals surface area contributed by atoms with E-state index in [1.165, 1.54) is 6.20 Å². The number of halogens is 1. The Balaban J connectivity index is 1.18. The molecular weight excluding hydrogens is 535 g/mol. The molecule has 2 aliphatic carbocycles. The Labute approximate surface area is 242 Å². The van der Waals surface area contributed by atoms with Crippen molar-refractivity contribution in [3.63, 3.8) is 0 Å². The van der Waals surface area contributed by atoms with Crippen molar-refractivity contribution in [3.8, 4) is 11.9 Å². The zero-order valence-corrected chi connectivity index (χ0v) is 23.6. The molecule has 0 radical (unpaired) electrons. The number of pyridine rings is 1. The van der Waals surface area contributed by atoms with Gasteiger partial charge in [0, 0.05) is 19.2 Å². The highest BCUT2D eigenvalue weighted by Gasteiger charge is 2.44. The topological polar surface area (TPSA) is 127 Å². The molecule has 0 spiro atoms. The Kier molecular flexibility index (Phi) is 7.19. The van der Waals surface area contributed by atoms with Gasteiger partial charge in [-0.25, -0.2) is 19.7 Å². The van der Waals surface area contributed by atoms with E-state index in [2.05, 4.69) is 33.2 Å². The van der Waals surface area contributed by atoms with E-state index in [-0.39, 0.29) is 24.0 Å². The van der Waals surface area contributed by atoms with Crippen LogP contribution >= 0.6 is 0 Å². The van der Waals surface area contributed by atoms with Crippen LogP contribution in [0.15, 0.2) is 42.7 Å². The lowest BCUT2D eigenvalue weighted by molar-refractivity contribution is 0.0696. The molecule has 0 saturated heterocycles. The Morgan fingerprint density at radius 1 is 1.21 bits per heavy atom. The Morgan fingerprint density at radius 3 is 2.74 bits per heavy atom. The molecule has 42 heavy (non-hydrogen) atoms. The van der Waals surface area contributed by atoms with Gasteiger partial charge in [-0.15, -0.1) is 0 Å². The second kappa shape index (κ2) is 11.0. The lowest BCUT2D eigenvalue weighted by Crippen LogP contribution is -2.17. The number of hydrogen-bond acceptors (Lipinski definition) is 7. The van der Waals surface area contributed by atoms with Crippen LogP contribution in [-0.4, -0.2) is 35.6 Å². The molecule has 214 valence electrons. The third kappa shape index (κ3) is 5.59.